The molecule has 0 fully saturated rings. The Morgan fingerprint density at radius 3 is 2.70 bits per heavy atom. The number of carbonyl (C=O) groups excluding carboxylic acids is 1. The summed E-state index contributed by atoms with van der Waals surface area (Å²) in [6.45, 7) is 5.20. The lowest BCUT2D eigenvalue weighted by Crippen LogP contribution is -2.27. The van der Waals surface area contributed by atoms with Crippen molar-refractivity contribution in [1.82, 2.24) is 9.97 Å². The fourth-order valence-electron chi connectivity index (χ4n) is 1.77. The first-order valence-electron chi connectivity index (χ1n) is 6.80. The molecular weight excluding hydrogens is 299 g/mol. The van der Waals surface area contributed by atoms with Gasteiger partial charge in [-0.05, 0) is 39.0 Å². The Morgan fingerprint density at radius 2 is 2.09 bits per heavy atom. The minimum Gasteiger partial charge on any atom is -0.444 e. The average molecular weight is 314 g/mol. The van der Waals surface area contributed by atoms with Gasteiger partial charge in [0.2, 0.25) is 0 Å². The van der Waals surface area contributed by atoms with Gasteiger partial charge in [0.1, 0.15) is 17.5 Å². The van der Waals surface area contributed by atoms with Crippen molar-refractivity contribution < 1.29 is 13.9 Å². The maximum absolute atomic E-state index is 13.2. The molecule has 118 valence electrons. The van der Waals surface area contributed by atoms with Crippen LogP contribution < -0.4 is 5.32 Å². The largest absolute Gasteiger partial charge is 0.444 e. The molecule has 1 amide bonds. The molecule has 0 aliphatic heterocycles. The Labute approximate surface area is 133 Å². The van der Waals surface area contributed by atoms with Crippen LogP contribution in [0.3, 0.4) is 0 Å². The first-order valence-corrected chi connectivity index (χ1v) is 6.80. The van der Waals surface area contributed by atoms with Crippen LogP contribution in [0.5, 0.6) is 0 Å². The number of aromatic nitrogens is 2. The van der Waals surface area contributed by atoms with Crippen LogP contribution in [0, 0.1) is 17.1 Å². The summed E-state index contributed by atoms with van der Waals surface area (Å²) in [6.07, 6.45) is 1.83. The van der Waals surface area contributed by atoms with E-state index in [2.05, 4.69) is 15.3 Å². The van der Waals surface area contributed by atoms with Gasteiger partial charge in [-0.1, -0.05) is 0 Å². The maximum Gasteiger partial charge on any atom is 0.412 e. The summed E-state index contributed by atoms with van der Waals surface area (Å²) >= 11 is 0. The number of pyridine rings is 2. The summed E-state index contributed by atoms with van der Waals surface area (Å²) in [5, 5.41) is 11.7. The highest BCUT2D eigenvalue weighted by Crippen LogP contribution is 2.22. The van der Waals surface area contributed by atoms with Gasteiger partial charge in [-0.3, -0.25) is 10.3 Å². The van der Waals surface area contributed by atoms with Crippen LogP contribution in [0.15, 0.2) is 30.6 Å². The molecule has 7 heteroatoms. The summed E-state index contributed by atoms with van der Waals surface area (Å²) in [5.41, 5.74) is 0.374. The fourth-order valence-corrected chi connectivity index (χ4v) is 1.77. The highest BCUT2D eigenvalue weighted by Gasteiger charge is 2.18. The number of ether oxygens (including phenoxy) is 1. The van der Waals surface area contributed by atoms with Crippen LogP contribution in [-0.4, -0.2) is 21.7 Å². The van der Waals surface area contributed by atoms with Crippen molar-refractivity contribution in [2.45, 2.75) is 26.4 Å². The molecule has 0 bridgehead atoms. The number of nitrogens with one attached hydrogen (secondary N) is 1. The normalized spacial score (nSPS) is 10.7. The van der Waals surface area contributed by atoms with Crippen molar-refractivity contribution in [3.63, 3.8) is 0 Å². The van der Waals surface area contributed by atoms with E-state index in [0.717, 1.165) is 6.20 Å². The van der Waals surface area contributed by atoms with Crippen LogP contribution >= 0.6 is 0 Å². The molecule has 0 spiro atoms. The molecule has 2 aromatic heterocycles. The molecule has 1 N–H and O–H groups in total. The van der Waals surface area contributed by atoms with E-state index in [1.165, 1.54) is 18.3 Å². The van der Waals surface area contributed by atoms with E-state index in [0.29, 0.717) is 11.3 Å². The molecule has 23 heavy (non-hydrogen) atoms. The quantitative estimate of drug-likeness (QED) is 0.916. The van der Waals surface area contributed by atoms with Crippen LogP contribution in [0.4, 0.5) is 14.9 Å². The van der Waals surface area contributed by atoms with Gasteiger partial charge in [0.05, 0.1) is 17.6 Å². The highest BCUT2D eigenvalue weighted by molar-refractivity contribution is 5.86. The molecule has 0 saturated carbocycles. The predicted molar refractivity (Wildman–Crippen MR) is 82.0 cm³/mol. The van der Waals surface area contributed by atoms with Gasteiger partial charge in [-0.2, -0.15) is 5.26 Å². The Morgan fingerprint density at radius 1 is 1.35 bits per heavy atom. The van der Waals surface area contributed by atoms with E-state index in [1.807, 2.05) is 6.07 Å². The Bertz CT molecular complexity index is 778. The number of rotatable bonds is 2. The number of nitrogens with zero attached hydrogens (tertiary/aromatic N) is 3. The van der Waals surface area contributed by atoms with Gasteiger partial charge in [0.15, 0.2) is 5.69 Å². The molecule has 0 aliphatic carbocycles. The van der Waals surface area contributed by atoms with E-state index >= 15 is 0 Å². The Balaban J connectivity index is 2.27. The van der Waals surface area contributed by atoms with Crippen LogP contribution in [0.25, 0.3) is 11.3 Å². The monoisotopic (exact) mass is 314 g/mol. The molecule has 2 heterocycles. The third kappa shape index (κ3) is 4.48. The molecular formula is C16H15FN4O2. The number of hydrogen-bond acceptors (Lipinski definition) is 5. The van der Waals surface area contributed by atoms with E-state index in [9.17, 15) is 14.4 Å². The number of nitriles is 1. The van der Waals surface area contributed by atoms with Gasteiger partial charge >= 0.3 is 6.09 Å². The molecule has 0 aromatic carbocycles. The van der Waals surface area contributed by atoms with Gasteiger partial charge in [-0.25, -0.2) is 14.2 Å². The SMILES string of the molecule is CC(C)(C)OC(=O)Nc1ccc(-c2cncc(F)c2)nc1C#N. The molecule has 0 aliphatic rings. The molecule has 2 rings (SSSR count). The van der Waals surface area contributed by atoms with Gasteiger partial charge in [0.25, 0.3) is 0 Å². The molecule has 0 unspecified atom stereocenters. The lowest BCUT2D eigenvalue weighted by atomic mass is 10.1. The standard InChI is InChI=1S/C16H15FN4O2/c1-16(2,3)23-15(22)21-13-5-4-12(20-14(13)7-18)10-6-11(17)9-19-8-10/h4-6,8-9H,1-3H3,(H,21,22). The zero-order valence-corrected chi connectivity index (χ0v) is 12.9. The van der Waals surface area contributed by atoms with Crippen LogP contribution in [-0.2, 0) is 4.74 Å². The molecule has 6 nitrogen and oxygen atoms in total. The molecule has 0 radical (unpaired) electrons. The predicted octanol–water partition coefficient (Wildman–Crippen LogP) is 3.50. The van der Waals surface area contributed by atoms with E-state index in [4.69, 9.17) is 4.74 Å². The summed E-state index contributed by atoms with van der Waals surface area (Å²) in [6, 6.07) is 6.22. The second-order valence-electron chi connectivity index (χ2n) is 5.72. The van der Waals surface area contributed by atoms with E-state index < -0.39 is 17.5 Å². The molecule has 0 atom stereocenters. The number of anilines is 1. The number of amides is 1. The van der Waals surface area contributed by atoms with Crippen molar-refractivity contribution >= 4 is 11.8 Å². The lowest BCUT2D eigenvalue weighted by Gasteiger charge is -2.19. The highest BCUT2D eigenvalue weighted by atomic mass is 19.1. The molecule has 2 aromatic rings. The summed E-state index contributed by atoms with van der Waals surface area (Å²) in [4.78, 5) is 19.6. The van der Waals surface area contributed by atoms with Crippen molar-refractivity contribution in [3.05, 3.63) is 42.1 Å². The van der Waals surface area contributed by atoms with Crippen LogP contribution in [0.1, 0.15) is 26.5 Å². The summed E-state index contributed by atoms with van der Waals surface area (Å²) < 4.78 is 18.3. The van der Waals surface area contributed by atoms with E-state index in [1.54, 1.807) is 26.8 Å². The number of halogens is 1. The first-order chi connectivity index (χ1) is 10.8. The second kappa shape index (κ2) is 6.40. The third-order valence-electron chi connectivity index (χ3n) is 2.64. The van der Waals surface area contributed by atoms with Gasteiger partial charge in [-0.15, -0.1) is 0 Å². The smallest absolute Gasteiger partial charge is 0.412 e. The summed E-state index contributed by atoms with van der Waals surface area (Å²) in [7, 11) is 0. The number of carbonyl (C=O) groups is 1. The minimum absolute atomic E-state index is 0.00220. The summed E-state index contributed by atoms with van der Waals surface area (Å²) in [5.74, 6) is -0.501. The molecule has 0 saturated heterocycles. The lowest BCUT2D eigenvalue weighted by molar-refractivity contribution is 0.0636. The minimum atomic E-state index is -0.684. The fraction of sp³-hybridized carbons (Fsp3) is 0.250. The number of hydrogen-bond donors (Lipinski definition) is 1. The first kappa shape index (κ1) is 16.4. The van der Waals surface area contributed by atoms with E-state index in [-0.39, 0.29) is 11.4 Å². The zero-order chi connectivity index (χ0) is 17.0. The van der Waals surface area contributed by atoms with Crippen LogP contribution in [0.2, 0.25) is 0 Å². The second-order valence-corrected chi connectivity index (χ2v) is 5.72. The van der Waals surface area contributed by atoms with Gasteiger partial charge in [0, 0.05) is 11.8 Å². The van der Waals surface area contributed by atoms with Crippen molar-refractivity contribution in [2.24, 2.45) is 0 Å². The van der Waals surface area contributed by atoms with Crippen molar-refractivity contribution in [3.8, 4) is 17.3 Å². The van der Waals surface area contributed by atoms with Gasteiger partial charge < -0.3 is 4.74 Å². The van der Waals surface area contributed by atoms with Crippen molar-refractivity contribution in [2.75, 3.05) is 5.32 Å². The van der Waals surface area contributed by atoms with Crippen molar-refractivity contribution in [1.29, 1.82) is 5.26 Å². The third-order valence-corrected chi connectivity index (χ3v) is 2.64. The Hall–Kier alpha value is -3.01. The zero-order valence-electron chi connectivity index (χ0n) is 12.9. The topological polar surface area (TPSA) is 87.9 Å². The maximum atomic E-state index is 13.2. The Kier molecular flexibility index (Phi) is 4.55. The average Bonchev–Trinajstić information content (AvgIpc) is 2.45.